The van der Waals surface area contributed by atoms with E-state index in [9.17, 15) is 4.79 Å². The first kappa shape index (κ1) is 7.50. The summed E-state index contributed by atoms with van der Waals surface area (Å²) in [6.45, 7) is 2.68. The van der Waals surface area contributed by atoms with E-state index in [1.165, 1.54) is 11.3 Å². The van der Waals surface area contributed by atoms with Crippen LogP contribution in [-0.4, -0.2) is 12.0 Å². The summed E-state index contributed by atoms with van der Waals surface area (Å²) in [5, 5.41) is 2.99. The number of aryl methyl sites for hydroxylation is 1. The minimum absolute atomic E-state index is 0.0303. The van der Waals surface area contributed by atoms with Crippen molar-refractivity contribution >= 4 is 11.3 Å². The van der Waals surface area contributed by atoms with Crippen molar-refractivity contribution in [3.8, 4) is 0 Å². The molecule has 10 heavy (non-hydrogen) atoms. The topological polar surface area (TPSA) is 44.9 Å². The van der Waals surface area contributed by atoms with Crippen LogP contribution in [0.4, 0.5) is 0 Å². The Labute approximate surface area is 63.1 Å². The van der Waals surface area contributed by atoms with Gasteiger partial charge in [-0.05, 0) is 14.0 Å². The number of aromatic amines is 1. The highest BCUT2D eigenvalue weighted by molar-refractivity contribution is 7.09. The molecular weight excluding hydrogens is 148 g/mol. The van der Waals surface area contributed by atoms with Gasteiger partial charge in [0.15, 0.2) is 0 Å². The minimum Gasteiger partial charge on any atom is -0.317 e. The highest BCUT2D eigenvalue weighted by Crippen LogP contribution is 2.05. The summed E-state index contributed by atoms with van der Waals surface area (Å²) in [7, 11) is 1.86. The fraction of sp³-hybridized carbons (Fsp3) is 0.500. The third-order valence-electron chi connectivity index (χ3n) is 1.26. The maximum absolute atomic E-state index is 10.7. The van der Waals surface area contributed by atoms with Crippen molar-refractivity contribution in [3.63, 3.8) is 0 Å². The van der Waals surface area contributed by atoms with Crippen molar-refractivity contribution in [1.29, 1.82) is 0 Å². The second-order valence-corrected chi connectivity index (χ2v) is 3.16. The Morgan fingerprint density at radius 2 is 2.40 bits per heavy atom. The zero-order chi connectivity index (χ0) is 7.56. The Bertz CT molecular complexity index is 263. The zero-order valence-corrected chi connectivity index (χ0v) is 6.84. The molecule has 0 fully saturated rings. The largest absolute Gasteiger partial charge is 0.317 e. The zero-order valence-electron chi connectivity index (χ0n) is 6.02. The van der Waals surface area contributed by atoms with E-state index in [-0.39, 0.29) is 4.87 Å². The maximum Gasteiger partial charge on any atom is 0.304 e. The average molecular weight is 158 g/mol. The van der Waals surface area contributed by atoms with Crippen LogP contribution >= 0.6 is 11.3 Å². The van der Waals surface area contributed by atoms with E-state index in [0.717, 1.165) is 17.1 Å². The molecule has 1 aromatic heterocycles. The third-order valence-corrected chi connectivity index (χ3v) is 2.25. The van der Waals surface area contributed by atoms with Crippen LogP contribution < -0.4 is 10.2 Å². The van der Waals surface area contributed by atoms with E-state index < -0.39 is 0 Å². The lowest BCUT2D eigenvalue weighted by Gasteiger charge is -1.93. The van der Waals surface area contributed by atoms with Crippen molar-refractivity contribution in [3.05, 3.63) is 20.2 Å². The van der Waals surface area contributed by atoms with E-state index in [2.05, 4.69) is 10.3 Å². The molecule has 0 aromatic carbocycles. The molecule has 0 amide bonds. The van der Waals surface area contributed by atoms with E-state index in [1.807, 2.05) is 14.0 Å². The highest BCUT2D eigenvalue weighted by Gasteiger charge is 2.00. The minimum atomic E-state index is 0.0303. The lowest BCUT2D eigenvalue weighted by Crippen LogP contribution is -2.04. The Hall–Kier alpha value is -0.610. The molecule has 0 spiro atoms. The van der Waals surface area contributed by atoms with Gasteiger partial charge in [0, 0.05) is 17.1 Å². The molecule has 0 radical (unpaired) electrons. The molecule has 0 atom stereocenters. The first-order chi connectivity index (χ1) is 4.74. The van der Waals surface area contributed by atoms with Gasteiger partial charge in [0.1, 0.15) is 0 Å². The number of nitrogens with one attached hydrogen (secondary N) is 2. The van der Waals surface area contributed by atoms with Crippen LogP contribution in [0.3, 0.4) is 0 Å². The van der Waals surface area contributed by atoms with E-state index >= 15 is 0 Å². The van der Waals surface area contributed by atoms with E-state index in [1.54, 1.807) is 0 Å². The van der Waals surface area contributed by atoms with E-state index in [4.69, 9.17) is 0 Å². The van der Waals surface area contributed by atoms with Crippen LogP contribution in [0, 0.1) is 6.92 Å². The Balaban J connectivity index is 2.92. The predicted octanol–water partition coefficient (Wildman–Crippen LogP) is 0.464. The van der Waals surface area contributed by atoms with Gasteiger partial charge in [-0.3, -0.25) is 4.79 Å². The monoisotopic (exact) mass is 158 g/mol. The lowest BCUT2D eigenvalue weighted by atomic mass is 10.4. The van der Waals surface area contributed by atoms with Crippen molar-refractivity contribution in [1.82, 2.24) is 10.3 Å². The summed E-state index contributed by atoms with van der Waals surface area (Å²) in [5.41, 5.74) is 0.976. The van der Waals surface area contributed by atoms with E-state index in [0.29, 0.717) is 0 Å². The quantitative estimate of drug-likeness (QED) is 0.657. The smallest absolute Gasteiger partial charge is 0.304 e. The summed E-state index contributed by atoms with van der Waals surface area (Å²) in [4.78, 5) is 14.6. The van der Waals surface area contributed by atoms with Crippen LogP contribution in [0.15, 0.2) is 4.79 Å². The SMILES string of the molecule is CNCc1sc(=O)[nH]c1C. The highest BCUT2D eigenvalue weighted by atomic mass is 32.1. The Morgan fingerprint density at radius 1 is 1.70 bits per heavy atom. The number of thiazole rings is 1. The maximum atomic E-state index is 10.7. The molecule has 0 aliphatic carbocycles. The molecule has 56 valence electrons. The molecular formula is C6H10N2OS. The predicted molar refractivity (Wildman–Crippen MR) is 42.4 cm³/mol. The molecule has 4 heteroatoms. The third kappa shape index (κ3) is 1.46. The number of H-pyrrole nitrogens is 1. The van der Waals surface area contributed by atoms with Gasteiger partial charge < -0.3 is 10.3 Å². The van der Waals surface area contributed by atoms with Crippen molar-refractivity contribution in [2.45, 2.75) is 13.5 Å². The molecule has 3 nitrogen and oxygen atoms in total. The standard InChI is InChI=1S/C6H10N2OS/c1-4-5(3-7-2)10-6(9)8-4/h7H,3H2,1-2H3,(H,8,9). The molecule has 0 bridgehead atoms. The van der Waals surface area contributed by atoms with Crippen LogP contribution in [0.5, 0.6) is 0 Å². The Kier molecular flexibility index (Phi) is 2.24. The lowest BCUT2D eigenvalue weighted by molar-refractivity contribution is 0.822. The van der Waals surface area contributed by atoms with Gasteiger partial charge in [-0.1, -0.05) is 11.3 Å². The second-order valence-electron chi connectivity index (χ2n) is 2.09. The fourth-order valence-electron chi connectivity index (χ4n) is 0.766. The van der Waals surface area contributed by atoms with Gasteiger partial charge in [-0.2, -0.15) is 0 Å². The van der Waals surface area contributed by atoms with Crippen LogP contribution in [0.1, 0.15) is 10.6 Å². The van der Waals surface area contributed by atoms with Gasteiger partial charge >= 0.3 is 4.87 Å². The molecule has 0 unspecified atom stereocenters. The Morgan fingerprint density at radius 3 is 2.80 bits per heavy atom. The van der Waals surface area contributed by atoms with Gasteiger partial charge in [0.2, 0.25) is 0 Å². The molecule has 2 N–H and O–H groups in total. The number of aromatic nitrogens is 1. The molecule has 0 aliphatic rings. The summed E-state index contributed by atoms with van der Waals surface area (Å²) >= 11 is 1.27. The molecule has 1 heterocycles. The van der Waals surface area contributed by atoms with Crippen molar-refractivity contribution in [2.75, 3.05) is 7.05 Å². The molecule has 0 saturated heterocycles. The summed E-state index contributed by atoms with van der Waals surface area (Å²) < 4.78 is 0. The fourth-order valence-corrected chi connectivity index (χ4v) is 1.61. The molecule has 1 aromatic rings. The van der Waals surface area contributed by atoms with Gasteiger partial charge in [0.05, 0.1) is 0 Å². The molecule has 0 aliphatic heterocycles. The summed E-state index contributed by atoms with van der Waals surface area (Å²) in [5.74, 6) is 0. The number of hydrogen-bond donors (Lipinski definition) is 2. The van der Waals surface area contributed by atoms with Crippen LogP contribution in [0.25, 0.3) is 0 Å². The van der Waals surface area contributed by atoms with Crippen LogP contribution in [-0.2, 0) is 6.54 Å². The van der Waals surface area contributed by atoms with Crippen molar-refractivity contribution < 1.29 is 0 Å². The molecule has 1 rings (SSSR count). The van der Waals surface area contributed by atoms with Gasteiger partial charge in [-0.25, -0.2) is 0 Å². The summed E-state index contributed by atoms with van der Waals surface area (Å²) in [6.07, 6.45) is 0. The first-order valence-electron chi connectivity index (χ1n) is 3.07. The molecule has 0 saturated carbocycles. The van der Waals surface area contributed by atoms with Gasteiger partial charge in [-0.15, -0.1) is 0 Å². The normalized spacial score (nSPS) is 10.2. The van der Waals surface area contributed by atoms with Crippen molar-refractivity contribution in [2.24, 2.45) is 0 Å². The average Bonchev–Trinajstić information content (AvgIpc) is 2.13. The number of hydrogen-bond acceptors (Lipinski definition) is 3. The second kappa shape index (κ2) is 2.98. The number of rotatable bonds is 2. The summed E-state index contributed by atoms with van der Waals surface area (Å²) in [6, 6.07) is 0. The van der Waals surface area contributed by atoms with Gasteiger partial charge in [0.25, 0.3) is 0 Å². The van der Waals surface area contributed by atoms with Crippen LogP contribution in [0.2, 0.25) is 0 Å². The first-order valence-corrected chi connectivity index (χ1v) is 3.89.